The highest BCUT2D eigenvalue weighted by molar-refractivity contribution is 14.0. The second-order valence-electron chi connectivity index (χ2n) is 10.2. The van der Waals surface area contributed by atoms with Crippen molar-refractivity contribution in [3.05, 3.63) is 35.9 Å². The fourth-order valence-corrected chi connectivity index (χ4v) is 6.01. The van der Waals surface area contributed by atoms with Crippen LogP contribution in [0.4, 0.5) is 0 Å². The monoisotopic (exact) mass is 553 g/mol. The van der Waals surface area contributed by atoms with Crippen LogP contribution in [0.25, 0.3) is 0 Å². The first-order valence-electron chi connectivity index (χ1n) is 12.6. The summed E-state index contributed by atoms with van der Waals surface area (Å²) in [6.07, 6.45) is 6.60. The van der Waals surface area contributed by atoms with Crippen LogP contribution in [0, 0.1) is 11.8 Å². The molecule has 3 atom stereocenters. The molecule has 180 valence electrons. The fourth-order valence-electron chi connectivity index (χ4n) is 6.01. The van der Waals surface area contributed by atoms with E-state index in [0.717, 1.165) is 50.0 Å². The van der Waals surface area contributed by atoms with Gasteiger partial charge in [-0.2, -0.15) is 0 Å². The van der Waals surface area contributed by atoms with Gasteiger partial charge in [-0.15, -0.1) is 24.0 Å². The molecule has 1 aromatic carbocycles. The Morgan fingerprint density at radius 2 is 1.81 bits per heavy atom. The lowest BCUT2D eigenvalue weighted by Gasteiger charge is -2.48. The molecule has 3 aliphatic rings. The van der Waals surface area contributed by atoms with Crippen molar-refractivity contribution in [1.82, 2.24) is 20.0 Å². The molecule has 1 aromatic rings. The summed E-state index contributed by atoms with van der Waals surface area (Å²) in [7, 11) is 1.96. The fraction of sp³-hybridized carbons (Fsp3) is 0.731. The van der Waals surface area contributed by atoms with E-state index >= 15 is 0 Å². The number of nitrogens with one attached hydrogen (secondary N) is 1. The Balaban J connectivity index is 0.00000289. The molecule has 0 bridgehead atoms. The lowest BCUT2D eigenvalue weighted by Crippen LogP contribution is -2.57. The average Bonchev–Trinajstić information content (AvgIpc) is 2.80. The molecule has 6 heteroatoms. The van der Waals surface area contributed by atoms with Crippen molar-refractivity contribution in [2.24, 2.45) is 16.8 Å². The van der Waals surface area contributed by atoms with Crippen LogP contribution in [0.5, 0.6) is 0 Å². The third-order valence-electron chi connectivity index (χ3n) is 7.75. The molecule has 32 heavy (non-hydrogen) atoms. The van der Waals surface area contributed by atoms with Crippen LogP contribution in [0.3, 0.4) is 0 Å². The minimum absolute atomic E-state index is 0. The van der Waals surface area contributed by atoms with Gasteiger partial charge in [0.15, 0.2) is 5.96 Å². The highest BCUT2D eigenvalue weighted by Crippen LogP contribution is 2.31. The highest BCUT2D eigenvalue weighted by atomic mass is 127. The molecule has 3 fully saturated rings. The van der Waals surface area contributed by atoms with Crippen molar-refractivity contribution in [3.63, 3.8) is 0 Å². The molecule has 0 saturated carbocycles. The third kappa shape index (κ3) is 6.60. The quantitative estimate of drug-likeness (QED) is 0.335. The van der Waals surface area contributed by atoms with Crippen molar-refractivity contribution >= 4 is 29.9 Å². The second-order valence-corrected chi connectivity index (χ2v) is 10.2. The summed E-state index contributed by atoms with van der Waals surface area (Å²) in [6, 6.07) is 12.4. The number of hydrogen-bond acceptors (Lipinski definition) is 3. The lowest BCUT2D eigenvalue weighted by atomic mass is 9.83. The van der Waals surface area contributed by atoms with Gasteiger partial charge in [-0.3, -0.25) is 9.89 Å². The topological polar surface area (TPSA) is 34.1 Å². The van der Waals surface area contributed by atoms with Crippen molar-refractivity contribution in [1.29, 1.82) is 0 Å². The molecule has 0 spiro atoms. The third-order valence-corrected chi connectivity index (χ3v) is 7.75. The molecule has 3 saturated heterocycles. The van der Waals surface area contributed by atoms with E-state index in [-0.39, 0.29) is 24.0 Å². The van der Waals surface area contributed by atoms with Gasteiger partial charge in [-0.1, -0.05) is 30.3 Å². The first-order chi connectivity index (χ1) is 15.1. The number of hydrogen-bond donors (Lipinski definition) is 1. The van der Waals surface area contributed by atoms with Crippen LogP contribution >= 0.6 is 24.0 Å². The summed E-state index contributed by atoms with van der Waals surface area (Å²) >= 11 is 0. The van der Waals surface area contributed by atoms with Gasteiger partial charge in [0.05, 0.1) is 0 Å². The van der Waals surface area contributed by atoms with Crippen LogP contribution in [0.15, 0.2) is 35.3 Å². The Morgan fingerprint density at radius 3 is 2.56 bits per heavy atom. The molecule has 3 unspecified atom stereocenters. The average molecular weight is 554 g/mol. The van der Waals surface area contributed by atoms with Gasteiger partial charge in [0.25, 0.3) is 0 Å². The van der Waals surface area contributed by atoms with Gasteiger partial charge >= 0.3 is 0 Å². The minimum atomic E-state index is 0. The molecule has 0 aromatic heterocycles. The smallest absolute Gasteiger partial charge is 0.193 e. The van der Waals surface area contributed by atoms with Crippen molar-refractivity contribution in [3.8, 4) is 0 Å². The minimum Gasteiger partial charge on any atom is -0.356 e. The molecule has 1 N–H and O–H groups in total. The van der Waals surface area contributed by atoms with Gasteiger partial charge in [-0.05, 0) is 76.4 Å². The van der Waals surface area contributed by atoms with Gasteiger partial charge in [0.1, 0.15) is 0 Å². The molecule has 3 aliphatic heterocycles. The lowest BCUT2D eigenvalue weighted by molar-refractivity contribution is 0.0371. The molecule has 0 radical (unpaired) electrons. The second kappa shape index (κ2) is 12.6. The highest BCUT2D eigenvalue weighted by Gasteiger charge is 2.36. The number of piperidine rings is 3. The number of benzene rings is 1. The maximum Gasteiger partial charge on any atom is 0.193 e. The first kappa shape index (κ1) is 25.8. The Morgan fingerprint density at radius 1 is 1.03 bits per heavy atom. The Bertz CT molecular complexity index is 709. The summed E-state index contributed by atoms with van der Waals surface area (Å²) in [5.41, 5.74) is 1.45. The first-order valence-corrected chi connectivity index (χ1v) is 12.6. The summed E-state index contributed by atoms with van der Waals surface area (Å²) in [5, 5.41) is 3.75. The van der Waals surface area contributed by atoms with E-state index in [4.69, 9.17) is 0 Å². The molecule has 0 amide bonds. The molecular formula is C26H44IN5. The predicted molar refractivity (Wildman–Crippen MR) is 146 cm³/mol. The van der Waals surface area contributed by atoms with Gasteiger partial charge in [-0.25, -0.2) is 0 Å². The summed E-state index contributed by atoms with van der Waals surface area (Å²) in [4.78, 5) is 12.6. The summed E-state index contributed by atoms with van der Waals surface area (Å²) < 4.78 is 0. The van der Waals surface area contributed by atoms with E-state index in [1.54, 1.807) is 0 Å². The van der Waals surface area contributed by atoms with Gasteiger partial charge < -0.3 is 15.1 Å². The number of fused-ring (bicyclic) bond motifs is 1. The number of guanidine groups is 1. The van der Waals surface area contributed by atoms with Crippen LogP contribution in [-0.2, 0) is 6.54 Å². The zero-order valence-corrected chi connectivity index (χ0v) is 22.7. The molecule has 4 rings (SSSR count). The SMILES string of the molecule is CN=C(NCC1CCCN(C(C)C)C1)N1CCC2C(CCCN2Cc2ccccc2)C1.I. The van der Waals surface area contributed by atoms with Crippen LogP contribution in [0.1, 0.15) is 51.5 Å². The Kier molecular flexibility index (Phi) is 10.1. The maximum absolute atomic E-state index is 4.68. The zero-order valence-electron chi connectivity index (χ0n) is 20.4. The predicted octanol–water partition coefficient (Wildman–Crippen LogP) is 4.29. The summed E-state index contributed by atoms with van der Waals surface area (Å²) in [6.45, 7) is 12.8. The Hall–Kier alpha value is -0.860. The standard InChI is InChI=1S/C26H43N5.HI/c1-21(2)29-14-7-11-23(19-29)17-28-26(27-3)31-16-13-25-24(20-31)12-8-15-30(25)18-22-9-5-4-6-10-22;/h4-6,9-10,21,23-25H,7-8,11-20H2,1-3H3,(H,27,28);1H. The normalized spacial score (nSPS) is 27.7. The van der Waals surface area contributed by atoms with Crippen molar-refractivity contribution in [2.45, 2.75) is 64.6 Å². The van der Waals surface area contributed by atoms with Crippen LogP contribution in [-0.4, -0.2) is 79.1 Å². The summed E-state index contributed by atoms with van der Waals surface area (Å²) in [5.74, 6) is 2.62. The van der Waals surface area contributed by atoms with E-state index in [1.165, 1.54) is 57.3 Å². The maximum atomic E-state index is 4.68. The van der Waals surface area contributed by atoms with E-state index < -0.39 is 0 Å². The molecular weight excluding hydrogens is 509 g/mol. The molecule has 0 aliphatic carbocycles. The van der Waals surface area contributed by atoms with Gasteiger partial charge in [0, 0.05) is 51.9 Å². The van der Waals surface area contributed by atoms with Crippen molar-refractivity contribution in [2.75, 3.05) is 46.3 Å². The van der Waals surface area contributed by atoms with Crippen molar-refractivity contribution < 1.29 is 0 Å². The zero-order chi connectivity index (χ0) is 21.6. The number of rotatable bonds is 5. The molecule has 3 heterocycles. The van der Waals surface area contributed by atoms with Crippen LogP contribution < -0.4 is 5.32 Å². The number of nitrogens with zero attached hydrogens (tertiary/aromatic N) is 4. The van der Waals surface area contributed by atoms with E-state index in [2.05, 4.69) is 69.2 Å². The Labute approximate surface area is 213 Å². The van der Waals surface area contributed by atoms with E-state index in [9.17, 15) is 0 Å². The number of aliphatic imine (C=N–C) groups is 1. The van der Waals surface area contributed by atoms with Gasteiger partial charge in [0.2, 0.25) is 0 Å². The largest absolute Gasteiger partial charge is 0.356 e. The molecule has 5 nitrogen and oxygen atoms in total. The number of halogens is 1. The number of likely N-dealkylation sites (tertiary alicyclic amines) is 3. The van der Waals surface area contributed by atoms with E-state index in [1.807, 2.05) is 7.05 Å². The van der Waals surface area contributed by atoms with Crippen LogP contribution in [0.2, 0.25) is 0 Å². The van der Waals surface area contributed by atoms with E-state index in [0.29, 0.717) is 6.04 Å².